The van der Waals surface area contributed by atoms with Gasteiger partial charge in [-0.2, -0.15) is 0 Å². The zero-order chi connectivity index (χ0) is 26.3. The monoisotopic (exact) mass is 690 g/mol. The van der Waals surface area contributed by atoms with Crippen LogP contribution in [0.1, 0.15) is 15.9 Å². The Bertz CT molecular complexity index is 1520. The van der Waals surface area contributed by atoms with E-state index in [1.807, 2.05) is 0 Å². The molecule has 9 nitrogen and oxygen atoms in total. The van der Waals surface area contributed by atoms with Crippen LogP contribution >= 0.6 is 47.8 Å². The van der Waals surface area contributed by atoms with Crippen LogP contribution in [0.4, 0.5) is 10.5 Å². The van der Waals surface area contributed by atoms with Gasteiger partial charge in [-0.15, -0.1) is 0 Å². The molecule has 186 valence electrons. The van der Waals surface area contributed by atoms with Gasteiger partial charge in [0.2, 0.25) is 6.79 Å². The SMILES string of the molecule is O=C1NC(=O)N(c2ccc(Br)cc2)C(=O)/C1=C\c1cc(Br)cc(Br)c1OC(=O)c1ccc2c(c1)OCO2. The molecule has 2 heterocycles. The molecule has 1 N–H and O–H groups in total. The van der Waals surface area contributed by atoms with Gasteiger partial charge in [-0.1, -0.05) is 31.9 Å². The molecule has 1 fully saturated rings. The van der Waals surface area contributed by atoms with Crippen molar-refractivity contribution in [2.45, 2.75) is 0 Å². The first-order chi connectivity index (χ1) is 17.7. The molecule has 0 spiro atoms. The second-order valence-electron chi connectivity index (χ2n) is 7.70. The van der Waals surface area contributed by atoms with E-state index in [0.29, 0.717) is 20.4 Å². The van der Waals surface area contributed by atoms with Crippen LogP contribution in [0.15, 0.2) is 73.6 Å². The Morgan fingerprint density at radius 2 is 1.65 bits per heavy atom. The molecular formula is C25H13Br3N2O7. The molecule has 0 aromatic heterocycles. The van der Waals surface area contributed by atoms with Crippen LogP contribution in [-0.2, 0) is 9.59 Å². The molecule has 37 heavy (non-hydrogen) atoms. The summed E-state index contributed by atoms with van der Waals surface area (Å²) < 4.78 is 18.0. The Balaban J connectivity index is 1.51. The second kappa shape index (κ2) is 10.1. The highest BCUT2D eigenvalue weighted by atomic mass is 79.9. The molecule has 0 aliphatic carbocycles. The molecule has 2 aliphatic heterocycles. The number of anilines is 1. The fraction of sp³-hybridized carbons (Fsp3) is 0.0400. The number of fused-ring (bicyclic) bond motifs is 1. The predicted molar refractivity (Wildman–Crippen MR) is 143 cm³/mol. The Hall–Kier alpha value is -3.48. The van der Waals surface area contributed by atoms with Gasteiger partial charge in [0.1, 0.15) is 5.57 Å². The first-order valence-electron chi connectivity index (χ1n) is 10.5. The molecule has 5 rings (SSSR count). The van der Waals surface area contributed by atoms with Crippen LogP contribution in [0.2, 0.25) is 0 Å². The van der Waals surface area contributed by atoms with E-state index >= 15 is 0 Å². The lowest BCUT2D eigenvalue weighted by molar-refractivity contribution is -0.122. The Morgan fingerprint density at radius 1 is 0.919 bits per heavy atom. The molecule has 0 atom stereocenters. The van der Waals surface area contributed by atoms with Crippen molar-refractivity contribution in [2.75, 3.05) is 11.7 Å². The smallest absolute Gasteiger partial charge is 0.343 e. The summed E-state index contributed by atoms with van der Waals surface area (Å²) in [6.07, 6.45) is 1.26. The Morgan fingerprint density at radius 3 is 2.41 bits per heavy atom. The van der Waals surface area contributed by atoms with Gasteiger partial charge >= 0.3 is 12.0 Å². The zero-order valence-corrected chi connectivity index (χ0v) is 23.2. The van der Waals surface area contributed by atoms with Gasteiger partial charge in [0.25, 0.3) is 11.8 Å². The summed E-state index contributed by atoms with van der Waals surface area (Å²) in [6, 6.07) is 13.4. The molecule has 3 aromatic carbocycles. The number of rotatable bonds is 4. The number of hydrogen-bond donors (Lipinski definition) is 1. The van der Waals surface area contributed by atoms with Gasteiger partial charge in [0.05, 0.1) is 15.7 Å². The summed E-state index contributed by atoms with van der Waals surface area (Å²) in [5.41, 5.74) is 0.386. The van der Waals surface area contributed by atoms with Crippen LogP contribution in [-0.4, -0.2) is 30.6 Å². The first-order valence-corrected chi connectivity index (χ1v) is 12.9. The molecule has 12 heteroatoms. The number of hydrogen-bond acceptors (Lipinski definition) is 7. The topological polar surface area (TPSA) is 111 Å². The van der Waals surface area contributed by atoms with Gasteiger partial charge in [0, 0.05) is 14.5 Å². The Labute approximate surface area is 234 Å². The molecular weight excluding hydrogens is 680 g/mol. The number of imide groups is 2. The number of amides is 4. The summed E-state index contributed by atoms with van der Waals surface area (Å²) >= 11 is 10.0. The molecule has 1 saturated heterocycles. The third kappa shape index (κ3) is 5.04. The maximum absolute atomic E-state index is 13.3. The van der Waals surface area contributed by atoms with Gasteiger partial charge in [-0.25, -0.2) is 14.5 Å². The van der Waals surface area contributed by atoms with Crippen molar-refractivity contribution in [3.63, 3.8) is 0 Å². The number of benzene rings is 3. The zero-order valence-electron chi connectivity index (χ0n) is 18.4. The fourth-order valence-corrected chi connectivity index (χ4v) is 5.21. The van der Waals surface area contributed by atoms with Crippen LogP contribution in [0.5, 0.6) is 17.2 Å². The summed E-state index contributed by atoms with van der Waals surface area (Å²) in [7, 11) is 0. The van der Waals surface area contributed by atoms with Crippen LogP contribution in [0.25, 0.3) is 6.08 Å². The standard InChI is InChI=1S/C25H13Br3N2O7/c26-14-2-4-16(5-3-14)30-23(32)17(22(31)29-25(30)34)8-13-7-15(27)10-18(28)21(13)37-24(33)12-1-6-19-20(9-12)36-11-35-19/h1-10H,11H2,(H,29,31,34)/b17-8-. The number of ether oxygens (including phenoxy) is 3. The molecule has 0 bridgehead atoms. The van der Waals surface area contributed by atoms with Crippen LogP contribution in [0, 0.1) is 0 Å². The number of nitrogens with zero attached hydrogens (tertiary/aromatic N) is 1. The number of nitrogens with one attached hydrogen (secondary N) is 1. The van der Waals surface area contributed by atoms with E-state index in [0.717, 1.165) is 9.37 Å². The van der Waals surface area contributed by atoms with Gasteiger partial charge in [0.15, 0.2) is 17.2 Å². The number of carbonyl (C=O) groups is 4. The minimum Gasteiger partial charge on any atom is -0.454 e. The molecule has 4 amide bonds. The van der Waals surface area contributed by atoms with Gasteiger partial charge in [-0.05, 0) is 76.6 Å². The number of urea groups is 1. The fourth-order valence-electron chi connectivity index (χ4n) is 3.61. The van der Waals surface area contributed by atoms with E-state index in [-0.39, 0.29) is 34.9 Å². The van der Waals surface area contributed by atoms with Crippen molar-refractivity contribution in [2.24, 2.45) is 0 Å². The minimum absolute atomic E-state index is 0.0552. The quantitative estimate of drug-likeness (QED) is 0.164. The molecule has 3 aromatic rings. The van der Waals surface area contributed by atoms with Crippen molar-refractivity contribution in [3.8, 4) is 17.2 Å². The van der Waals surface area contributed by atoms with E-state index in [9.17, 15) is 19.2 Å². The van der Waals surface area contributed by atoms with Crippen molar-refractivity contribution in [1.82, 2.24) is 5.32 Å². The van der Waals surface area contributed by atoms with Crippen LogP contribution in [0.3, 0.4) is 0 Å². The maximum Gasteiger partial charge on any atom is 0.343 e. The minimum atomic E-state index is -0.882. The number of barbiturate groups is 1. The normalized spacial score (nSPS) is 15.7. The summed E-state index contributed by atoms with van der Waals surface area (Å²) in [5.74, 6) is -1.43. The van der Waals surface area contributed by atoms with Crippen molar-refractivity contribution < 1.29 is 33.4 Å². The average Bonchev–Trinajstić information content (AvgIpc) is 3.32. The van der Waals surface area contributed by atoms with Crippen molar-refractivity contribution >= 4 is 83.4 Å². The van der Waals surface area contributed by atoms with Gasteiger partial charge < -0.3 is 14.2 Å². The largest absolute Gasteiger partial charge is 0.454 e. The number of carbonyl (C=O) groups excluding carboxylic acids is 4. The van der Waals surface area contributed by atoms with Crippen molar-refractivity contribution in [3.05, 3.63) is 84.7 Å². The summed E-state index contributed by atoms with van der Waals surface area (Å²) in [6.45, 7) is 0.0552. The lowest BCUT2D eigenvalue weighted by atomic mass is 10.1. The predicted octanol–water partition coefficient (Wildman–Crippen LogP) is 5.59. The molecule has 0 unspecified atom stereocenters. The lowest BCUT2D eigenvalue weighted by Gasteiger charge is -2.26. The summed E-state index contributed by atoms with van der Waals surface area (Å²) in [4.78, 5) is 52.2. The Kier molecular flexibility index (Phi) is 6.88. The van der Waals surface area contributed by atoms with E-state index in [1.165, 1.54) is 18.2 Å². The number of esters is 1. The van der Waals surface area contributed by atoms with Crippen LogP contribution < -0.4 is 24.4 Å². The molecule has 0 saturated carbocycles. The highest BCUT2D eigenvalue weighted by Gasteiger charge is 2.37. The lowest BCUT2D eigenvalue weighted by Crippen LogP contribution is -2.54. The highest BCUT2D eigenvalue weighted by Crippen LogP contribution is 2.37. The molecule has 2 aliphatic rings. The van der Waals surface area contributed by atoms with E-state index in [1.54, 1.807) is 42.5 Å². The third-order valence-corrected chi connectivity index (χ3v) is 6.90. The number of halogens is 3. The first kappa shape index (κ1) is 25.2. The van der Waals surface area contributed by atoms with E-state index in [2.05, 4.69) is 53.1 Å². The van der Waals surface area contributed by atoms with Crippen molar-refractivity contribution in [1.29, 1.82) is 0 Å². The second-order valence-corrected chi connectivity index (χ2v) is 10.4. The van der Waals surface area contributed by atoms with E-state index in [4.69, 9.17) is 14.2 Å². The average molecular weight is 693 g/mol. The van der Waals surface area contributed by atoms with E-state index < -0.39 is 23.8 Å². The molecule has 0 radical (unpaired) electrons. The van der Waals surface area contributed by atoms with Gasteiger partial charge in [-0.3, -0.25) is 14.9 Å². The third-order valence-electron chi connectivity index (χ3n) is 5.33. The summed E-state index contributed by atoms with van der Waals surface area (Å²) in [5, 5.41) is 2.17. The highest BCUT2D eigenvalue weighted by molar-refractivity contribution is 9.11. The maximum atomic E-state index is 13.3.